The Morgan fingerprint density at radius 2 is 2.40 bits per heavy atom. The van der Waals surface area contributed by atoms with Crippen molar-refractivity contribution < 1.29 is 4.79 Å². The fourth-order valence-electron chi connectivity index (χ4n) is 0.818. The highest BCUT2D eigenvalue weighted by molar-refractivity contribution is 6.31. The molecular formula is C10H10ClN3O. The lowest BCUT2D eigenvalue weighted by atomic mass is 10.3. The van der Waals surface area contributed by atoms with Crippen molar-refractivity contribution >= 4 is 23.2 Å². The van der Waals surface area contributed by atoms with Crippen LogP contribution in [0.2, 0.25) is 5.15 Å². The van der Waals surface area contributed by atoms with Gasteiger partial charge in [-0.3, -0.25) is 4.79 Å². The summed E-state index contributed by atoms with van der Waals surface area (Å²) in [7, 11) is 0. The van der Waals surface area contributed by atoms with Crippen molar-refractivity contribution in [3.63, 3.8) is 0 Å². The maximum absolute atomic E-state index is 10.5. The molecule has 0 aliphatic carbocycles. The number of carbonyl (C=O) groups excluding carboxylic acids is 1. The molecular weight excluding hydrogens is 214 g/mol. The van der Waals surface area contributed by atoms with E-state index in [0.717, 1.165) is 0 Å². The summed E-state index contributed by atoms with van der Waals surface area (Å²) in [4.78, 5) is 14.5. The molecule has 0 aliphatic heterocycles. The number of aromatic nitrogens is 1. The molecule has 0 atom stereocenters. The van der Waals surface area contributed by atoms with Gasteiger partial charge in [0.25, 0.3) is 0 Å². The van der Waals surface area contributed by atoms with Gasteiger partial charge in [0.15, 0.2) is 5.15 Å². The molecule has 0 saturated heterocycles. The molecule has 0 fully saturated rings. The summed E-state index contributed by atoms with van der Waals surface area (Å²) in [5, 5.41) is 2.78. The van der Waals surface area contributed by atoms with Crippen molar-refractivity contribution in [3.05, 3.63) is 23.0 Å². The van der Waals surface area contributed by atoms with E-state index in [1.54, 1.807) is 12.1 Å². The van der Waals surface area contributed by atoms with Crippen LogP contribution in [-0.2, 0) is 4.79 Å². The Morgan fingerprint density at radius 1 is 1.67 bits per heavy atom. The van der Waals surface area contributed by atoms with E-state index in [0.29, 0.717) is 17.9 Å². The Morgan fingerprint density at radius 3 is 3.00 bits per heavy atom. The molecule has 0 radical (unpaired) electrons. The highest BCUT2D eigenvalue weighted by atomic mass is 35.5. The molecule has 78 valence electrons. The lowest BCUT2D eigenvalue weighted by Crippen LogP contribution is -2.19. The van der Waals surface area contributed by atoms with Crippen molar-refractivity contribution in [2.45, 2.75) is 6.92 Å². The second kappa shape index (κ2) is 5.23. The molecule has 0 unspecified atom stereocenters. The van der Waals surface area contributed by atoms with Crippen LogP contribution < -0.4 is 11.1 Å². The summed E-state index contributed by atoms with van der Waals surface area (Å²) in [6.07, 6.45) is 0. The summed E-state index contributed by atoms with van der Waals surface area (Å²) >= 11 is 5.70. The van der Waals surface area contributed by atoms with Crippen LogP contribution in [0.5, 0.6) is 0 Å². The SMILES string of the molecule is CC(=O)NCC#Cc1ccc(N)c(Cl)n1. The maximum Gasteiger partial charge on any atom is 0.217 e. The molecule has 0 aromatic carbocycles. The van der Waals surface area contributed by atoms with Gasteiger partial charge in [-0.2, -0.15) is 0 Å². The van der Waals surface area contributed by atoms with E-state index in [1.807, 2.05) is 0 Å². The number of halogens is 1. The molecule has 0 aliphatic rings. The largest absolute Gasteiger partial charge is 0.396 e. The van der Waals surface area contributed by atoms with Crippen LogP contribution in [0.1, 0.15) is 12.6 Å². The van der Waals surface area contributed by atoms with Gasteiger partial charge in [0.2, 0.25) is 5.91 Å². The first kappa shape index (κ1) is 11.3. The average molecular weight is 224 g/mol. The molecule has 1 aromatic heterocycles. The predicted octanol–water partition coefficient (Wildman–Crippen LogP) is 0.805. The van der Waals surface area contributed by atoms with Crippen molar-refractivity contribution in [1.82, 2.24) is 10.3 Å². The molecule has 3 N–H and O–H groups in total. The Bertz CT molecular complexity index is 434. The normalized spacial score (nSPS) is 8.93. The number of hydrogen-bond acceptors (Lipinski definition) is 3. The van der Waals surface area contributed by atoms with Crippen LogP contribution in [0.3, 0.4) is 0 Å². The van der Waals surface area contributed by atoms with Crippen molar-refractivity contribution in [2.24, 2.45) is 0 Å². The summed E-state index contributed by atoms with van der Waals surface area (Å²) in [6.45, 7) is 1.72. The van der Waals surface area contributed by atoms with E-state index in [9.17, 15) is 4.79 Å². The molecule has 0 bridgehead atoms. The molecule has 0 saturated carbocycles. The quantitative estimate of drug-likeness (QED) is 0.547. The van der Waals surface area contributed by atoms with E-state index in [-0.39, 0.29) is 11.1 Å². The van der Waals surface area contributed by atoms with E-state index in [4.69, 9.17) is 17.3 Å². The second-order valence-electron chi connectivity index (χ2n) is 2.79. The Balaban J connectivity index is 2.64. The lowest BCUT2D eigenvalue weighted by molar-refractivity contribution is -0.118. The number of amides is 1. The zero-order chi connectivity index (χ0) is 11.3. The smallest absolute Gasteiger partial charge is 0.217 e. The van der Waals surface area contributed by atoms with Crippen LogP contribution in [-0.4, -0.2) is 17.4 Å². The molecule has 1 aromatic rings. The topological polar surface area (TPSA) is 68.0 Å². The molecule has 0 spiro atoms. The highest BCUT2D eigenvalue weighted by Gasteiger charge is 1.96. The molecule has 1 heterocycles. The minimum atomic E-state index is -0.118. The van der Waals surface area contributed by atoms with Gasteiger partial charge >= 0.3 is 0 Å². The van der Waals surface area contributed by atoms with Gasteiger partial charge in [-0.1, -0.05) is 17.5 Å². The predicted molar refractivity (Wildman–Crippen MR) is 59.2 cm³/mol. The minimum Gasteiger partial charge on any atom is -0.396 e. The van der Waals surface area contributed by atoms with Crippen LogP contribution in [0.15, 0.2) is 12.1 Å². The summed E-state index contributed by atoms with van der Waals surface area (Å²) < 4.78 is 0. The van der Waals surface area contributed by atoms with E-state index >= 15 is 0 Å². The first-order valence-electron chi connectivity index (χ1n) is 4.25. The number of nitrogens with zero attached hydrogens (tertiary/aromatic N) is 1. The fraction of sp³-hybridized carbons (Fsp3) is 0.200. The van der Waals surface area contributed by atoms with E-state index < -0.39 is 0 Å². The monoisotopic (exact) mass is 223 g/mol. The number of pyridine rings is 1. The summed E-state index contributed by atoms with van der Waals surface area (Å²) in [5.74, 6) is 5.37. The molecule has 15 heavy (non-hydrogen) atoms. The van der Waals surface area contributed by atoms with Crippen LogP contribution in [0, 0.1) is 11.8 Å². The standard InChI is InChI=1S/C10H10ClN3O/c1-7(15)13-6-2-3-8-4-5-9(12)10(11)14-8/h4-5H,6,12H2,1H3,(H,13,15). The molecule has 4 nitrogen and oxygen atoms in total. The average Bonchev–Trinajstić information content (AvgIpc) is 2.18. The Kier molecular flexibility index (Phi) is 3.95. The summed E-state index contributed by atoms with van der Waals surface area (Å²) in [6, 6.07) is 3.31. The fourth-order valence-corrected chi connectivity index (χ4v) is 0.972. The zero-order valence-electron chi connectivity index (χ0n) is 8.17. The van der Waals surface area contributed by atoms with Crippen LogP contribution >= 0.6 is 11.6 Å². The number of nitrogens with two attached hydrogens (primary N) is 1. The molecule has 1 rings (SSSR count). The third kappa shape index (κ3) is 3.88. The van der Waals surface area contributed by atoms with Gasteiger partial charge in [0.05, 0.1) is 12.2 Å². The van der Waals surface area contributed by atoms with Gasteiger partial charge in [0.1, 0.15) is 5.69 Å². The first-order chi connectivity index (χ1) is 7.09. The molecule has 5 heteroatoms. The Labute approximate surface area is 92.8 Å². The van der Waals surface area contributed by atoms with Gasteiger partial charge < -0.3 is 11.1 Å². The number of hydrogen-bond donors (Lipinski definition) is 2. The number of carbonyl (C=O) groups is 1. The van der Waals surface area contributed by atoms with Gasteiger partial charge in [-0.25, -0.2) is 4.98 Å². The lowest BCUT2D eigenvalue weighted by Gasteiger charge is -1.96. The first-order valence-corrected chi connectivity index (χ1v) is 4.62. The van der Waals surface area contributed by atoms with E-state index in [1.165, 1.54) is 6.92 Å². The third-order valence-corrected chi connectivity index (χ3v) is 1.82. The molecule has 1 amide bonds. The van der Waals surface area contributed by atoms with Crippen LogP contribution in [0.4, 0.5) is 5.69 Å². The minimum absolute atomic E-state index is 0.118. The van der Waals surface area contributed by atoms with Crippen molar-refractivity contribution in [2.75, 3.05) is 12.3 Å². The van der Waals surface area contributed by atoms with E-state index in [2.05, 4.69) is 22.1 Å². The van der Waals surface area contributed by atoms with Gasteiger partial charge in [-0.15, -0.1) is 0 Å². The third-order valence-electron chi connectivity index (χ3n) is 1.52. The maximum atomic E-state index is 10.5. The second-order valence-corrected chi connectivity index (χ2v) is 3.15. The number of rotatable bonds is 1. The zero-order valence-corrected chi connectivity index (χ0v) is 8.93. The highest BCUT2D eigenvalue weighted by Crippen LogP contribution is 2.14. The van der Waals surface area contributed by atoms with Crippen molar-refractivity contribution in [3.8, 4) is 11.8 Å². The van der Waals surface area contributed by atoms with Gasteiger partial charge in [-0.05, 0) is 18.1 Å². The number of nitrogen functional groups attached to an aromatic ring is 1. The number of anilines is 1. The van der Waals surface area contributed by atoms with Crippen molar-refractivity contribution in [1.29, 1.82) is 0 Å². The number of nitrogens with one attached hydrogen (secondary N) is 1. The van der Waals surface area contributed by atoms with Gasteiger partial charge in [0, 0.05) is 6.92 Å². The Hall–Kier alpha value is -1.73. The summed E-state index contributed by atoms with van der Waals surface area (Å²) in [5.41, 5.74) is 6.43. The van der Waals surface area contributed by atoms with Crippen LogP contribution in [0.25, 0.3) is 0 Å².